The van der Waals surface area contributed by atoms with E-state index >= 15 is 0 Å². The number of carbonyl (C=O) groups excluding carboxylic acids is 1. The lowest BCUT2D eigenvalue weighted by molar-refractivity contribution is 0.0724. The normalized spacial score (nSPS) is 19.2. The minimum atomic E-state index is -3.67. The maximum atomic E-state index is 12.5. The van der Waals surface area contributed by atoms with E-state index in [0.717, 1.165) is 45.2 Å². The summed E-state index contributed by atoms with van der Waals surface area (Å²) >= 11 is 6.03. The van der Waals surface area contributed by atoms with Crippen LogP contribution in [0.3, 0.4) is 0 Å². The summed E-state index contributed by atoms with van der Waals surface area (Å²) in [6.07, 6.45) is 4.82. The van der Waals surface area contributed by atoms with Crippen molar-refractivity contribution in [2.24, 2.45) is 0 Å². The number of benzene rings is 1. The van der Waals surface area contributed by atoms with Gasteiger partial charge in [-0.3, -0.25) is 4.79 Å². The number of carbonyl (C=O) groups is 1. The van der Waals surface area contributed by atoms with Crippen LogP contribution >= 0.6 is 11.6 Å². The molecule has 0 spiro atoms. The first-order chi connectivity index (χ1) is 10.5. The topological polar surface area (TPSA) is 66.5 Å². The zero-order chi connectivity index (χ0) is 15.7. The highest BCUT2D eigenvalue weighted by Crippen LogP contribution is 2.27. The van der Waals surface area contributed by atoms with Crippen molar-refractivity contribution in [3.05, 3.63) is 28.8 Å². The predicted molar refractivity (Wildman–Crippen MR) is 84.6 cm³/mol. The van der Waals surface area contributed by atoms with Crippen molar-refractivity contribution in [1.29, 1.82) is 0 Å². The van der Waals surface area contributed by atoms with Gasteiger partial charge in [-0.2, -0.15) is 0 Å². The van der Waals surface area contributed by atoms with Gasteiger partial charge in [0.2, 0.25) is 10.0 Å². The van der Waals surface area contributed by atoms with E-state index in [1.165, 1.54) is 12.1 Å². The van der Waals surface area contributed by atoms with E-state index in [0.29, 0.717) is 5.56 Å². The van der Waals surface area contributed by atoms with E-state index in [2.05, 4.69) is 4.72 Å². The van der Waals surface area contributed by atoms with Gasteiger partial charge < -0.3 is 4.90 Å². The molecule has 5 nitrogen and oxygen atoms in total. The summed E-state index contributed by atoms with van der Waals surface area (Å²) in [6, 6.07) is 4.47. The zero-order valence-electron chi connectivity index (χ0n) is 12.2. The molecule has 1 amide bonds. The molecule has 1 saturated heterocycles. The summed E-state index contributed by atoms with van der Waals surface area (Å²) in [5.41, 5.74) is 0.377. The first kappa shape index (κ1) is 15.8. The molecule has 1 aromatic rings. The molecular weight excluding hydrogens is 324 g/mol. The molecule has 3 rings (SSSR count). The number of halogens is 1. The van der Waals surface area contributed by atoms with Crippen LogP contribution in [0, 0.1) is 0 Å². The summed E-state index contributed by atoms with van der Waals surface area (Å²) in [5.74, 6) is -0.126. The average Bonchev–Trinajstić information content (AvgIpc) is 3.31. The van der Waals surface area contributed by atoms with Gasteiger partial charge in [0.15, 0.2) is 0 Å². The van der Waals surface area contributed by atoms with Gasteiger partial charge >= 0.3 is 0 Å². The van der Waals surface area contributed by atoms with Crippen LogP contribution < -0.4 is 4.72 Å². The van der Waals surface area contributed by atoms with Crippen molar-refractivity contribution in [3.8, 4) is 0 Å². The van der Waals surface area contributed by atoms with Gasteiger partial charge in [0.1, 0.15) is 4.90 Å². The molecule has 7 heteroatoms. The number of piperidine rings is 1. The highest BCUT2D eigenvalue weighted by atomic mass is 35.5. The van der Waals surface area contributed by atoms with Crippen molar-refractivity contribution < 1.29 is 13.2 Å². The number of rotatable bonds is 4. The molecule has 1 aliphatic carbocycles. The summed E-state index contributed by atoms with van der Waals surface area (Å²) in [7, 11) is -3.67. The van der Waals surface area contributed by atoms with E-state index in [-0.39, 0.29) is 21.9 Å². The van der Waals surface area contributed by atoms with Crippen molar-refractivity contribution >= 4 is 27.5 Å². The standard InChI is InChI=1S/C15H19ClN2O3S/c16-13-7-4-11(15(19)18-8-2-1-3-9-18)10-14(13)22(20,21)17-12-5-6-12/h4,7,10,12,17H,1-3,5-6,8-9H2. The molecule has 2 fully saturated rings. The first-order valence-electron chi connectivity index (χ1n) is 7.58. The van der Waals surface area contributed by atoms with Crippen LogP contribution in [0.25, 0.3) is 0 Å². The quantitative estimate of drug-likeness (QED) is 0.913. The fourth-order valence-electron chi connectivity index (χ4n) is 2.61. The number of nitrogens with one attached hydrogen (secondary N) is 1. The fraction of sp³-hybridized carbons (Fsp3) is 0.533. The molecule has 0 radical (unpaired) electrons. The summed E-state index contributed by atoms with van der Waals surface area (Å²) < 4.78 is 27.3. The lowest BCUT2D eigenvalue weighted by atomic mass is 10.1. The summed E-state index contributed by atoms with van der Waals surface area (Å²) in [4.78, 5) is 14.3. The number of nitrogens with zero attached hydrogens (tertiary/aromatic N) is 1. The van der Waals surface area contributed by atoms with Crippen molar-refractivity contribution in [1.82, 2.24) is 9.62 Å². The number of likely N-dealkylation sites (tertiary alicyclic amines) is 1. The Morgan fingerprint density at radius 1 is 1.18 bits per heavy atom. The monoisotopic (exact) mass is 342 g/mol. The van der Waals surface area contributed by atoms with Gasteiger partial charge in [-0.15, -0.1) is 0 Å². The molecule has 0 aromatic heterocycles. The molecule has 1 aromatic carbocycles. The van der Waals surface area contributed by atoms with Gasteiger partial charge in [0, 0.05) is 24.7 Å². The number of amides is 1. The Kier molecular flexibility index (Phi) is 4.43. The lowest BCUT2D eigenvalue weighted by Gasteiger charge is -2.26. The molecule has 1 heterocycles. The van der Waals surface area contributed by atoms with Crippen LogP contribution in [0.15, 0.2) is 23.1 Å². The Labute approximate surface area is 135 Å². The van der Waals surface area contributed by atoms with E-state index in [1.54, 1.807) is 11.0 Å². The van der Waals surface area contributed by atoms with Gasteiger partial charge in [-0.05, 0) is 50.3 Å². The van der Waals surface area contributed by atoms with Gasteiger partial charge in [0.05, 0.1) is 5.02 Å². The van der Waals surface area contributed by atoms with Crippen LogP contribution in [0.2, 0.25) is 5.02 Å². The van der Waals surface area contributed by atoms with Crippen molar-refractivity contribution in [3.63, 3.8) is 0 Å². The molecule has 0 atom stereocenters. The predicted octanol–water partition coefficient (Wildman–Crippen LogP) is 2.41. The Morgan fingerprint density at radius 3 is 2.50 bits per heavy atom. The largest absolute Gasteiger partial charge is 0.339 e. The van der Waals surface area contributed by atoms with Gasteiger partial charge in [0.25, 0.3) is 5.91 Å². The van der Waals surface area contributed by atoms with Crippen LogP contribution in [0.1, 0.15) is 42.5 Å². The van der Waals surface area contributed by atoms with Gasteiger partial charge in [-0.25, -0.2) is 13.1 Å². The third-order valence-corrected chi connectivity index (χ3v) is 6.01. The van der Waals surface area contributed by atoms with Crippen molar-refractivity contribution in [2.75, 3.05) is 13.1 Å². The fourth-order valence-corrected chi connectivity index (χ4v) is 4.44. The second-order valence-corrected chi connectivity index (χ2v) is 7.98. The third kappa shape index (κ3) is 3.45. The summed E-state index contributed by atoms with van der Waals surface area (Å²) in [6.45, 7) is 1.45. The Morgan fingerprint density at radius 2 is 1.86 bits per heavy atom. The Bertz CT molecular complexity index is 680. The van der Waals surface area contributed by atoms with Crippen molar-refractivity contribution in [2.45, 2.75) is 43.0 Å². The molecule has 0 unspecified atom stereocenters. The van der Waals surface area contributed by atoms with Gasteiger partial charge in [-0.1, -0.05) is 11.6 Å². The molecule has 120 valence electrons. The second kappa shape index (κ2) is 6.18. The van der Waals surface area contributed by atoms with Crippen LogP contribution in [-0.2, 0) is 10.0 Å². The maximum Gasteiger partial charge on any atom is 0.253 e. The van der Waals surface area contributed by atoms with Crippen LogP contribution in [0.5, 0.6) is 0 Å². The second-order valence-electron chi connectivity index (χ2n) is 5.89. The highest BCUT2D eigenvalue weighted by molar-refractivity contribution is 7.89. The van der Waals surface area contributed by atoms with E-state index < -0.39 is 10.0 Å². The maximum absolute atomic E-state index is 12.5. The molecule has 1 aliphatic heterocycles. The van der Waals surface area contributed by atoms with E-state index in [4.69, 9.17) is 11.6 Å². The minimum absolute atomic E-state index is 0.00233. The average molecular weight is 343 g/mol. The Hall–Kier alpha value is -1.11. The Balaban J connectivity index is 1.87. The van der Waals surface area contributed by atoms with E-state index in [9.17, 15) is 13.2 Å². The molecule has 22 heavy (non-hydrogen) atoms. The summed E-state index contributed by atoms with van der Waals surface area (Å²) in [5, 5.41) is 0.142. The molecule has 1 N–H and O–H groups in total. The molecule has 2 aliphatic rings. The molecular formula is C15H19ClN2O3S. The SMILES string of the molecule is O=C(c1ccc(Cl)c(S(=O)(=O)NC2CC2)c1)N1CCCCC1. The smallest absolute Gasteiger partial charge is 0.253 e. The van der Waals surface area contributed by atoms with Crippen LogP contribution in [-0.4, -0.2) is 38.4 Å². The number of hydrogen-bond donors (Lipinski definition) is 1. The number of hydrogen-bond acceptors (Lipinski definition) is 3. The number of sulfonamides is 1. The highest BCUT2D eigenvalue weighted by Gasteiger charge is 2.30. The van der Waals surface area contributed by atoms with E-state index in [1.807, 2.05) is 0 Å². The molecule has 1 saturated carbocycles. The first-order valence-corrected chi connectivity index (χ1v) is 9.45. The van der Waals surface area contributed by atoms with Crippen LogP contribution in [0.4, 0.5) is 0 Å². The lowest BCUT2D eigenvalue weighted by Crippen LogP contribution is -2.35. The zero-order valence-corrected chi connectivity index (χ0v) is 13.8. The minimum Gasteiger partial charge on any atom is -0.339 e. The molecule has 0 bridgehead atoms. The third-order valence-electron chi connectivity index (χ3n) is 4.01.